The first-order chi connectivity index (χ1) is 20.3. The molecule has 1 fully saturated rings. The van der Waals surface area contributed by atoms with Gasteiger partial charge in [-0.15, -0.1) is 0 Å². The van der Waals surface area contributed by atoms with Crippen LogP contribution in [0.4, 0.5) is 0 Å². The predicted molar refractivity (Wildman–Crippen MR) is 160 cm³/mol. The lowest BCUT2D eigenvalue weighted by molar-refractivity contribution is -0.141. The Balaban J connectivity index is 1.38. The molecular weight excluding hydrogens is 550 g/mol. The van der Waals surface area contributed by atoms with E-state index in [9.17, 15) is 22.8 Å². The number of amides is 3. The summed E-state index contributed by atoms with van der Waals surface area (Å²) in [5.74, 6) is -1.02. The van der Waals surface area contributed by atoms with Crippen molar-refractivity contribution in [1.82, 2.24) is 14.5 Å². The first-order valence-electron chi connectivity index (χ1n) is 14.6. The quantitative estimate of drug-likeness (QED) is 0.353. The van der Waals surface area contributed by atoms with Crippen LogP contribution >= 0.6 is 0 Å². The maximum absolute atomic E-state index is 14.0. The highest BCUT2D eigenvalue weighted by Gasteiger charge is 2.40. The summed E-state index contributed by atoms with van der Waals surface area (Å²) in [6.07, 6.45) is 4.48. The Bertz CT molecular complexity index is 1550. The minimum atomic E-state index is -3.96. The molecule has 1 aliphatic carbocycles. The van der Waals surface area contributed by atoms with E-state index in [0.29, 0.717) is 6.42 Å². The van der Waals surface area contributed by atoms with Gasteiger partial charge in [-0.3, -0.25) is 14.4 Å². The molecule has 0 saturated heterocycles. The summed E-state index contributed by atoms with van der Waals surface area (Å²) in [4.78, 5) is 42.3. The molecule has 0 spiro atoms. The van der Waals surface area contributed by atoms with Gasteiger partial charge in [0.2, 0.25) is 11.8 Å². The highest BCUT2D eigenvalue weighted by atomic mass is 32.2. The van der Waals surface area contributed by atoms with Crippen molar-refractivity contribution in [2.45, 2.75) is 75.4 Å². The van der Waals surface area contributed by atoms with Gasteiger partial charge in [0.15, 0.2) is 0 Å². The lowest BCUT2D eigenvalue weighted by atomic mass is 10.0. The van der Waals surface area contributed by atoms with Gasteiger partial charge in [0.25, 0.3) is 15.9 Å². The van der Waals surface area contributed by atoms with Crippen LogP contribution in [0.5, 0.6) is 0 Å². The zero-order valence-electron chi connectivity index (χ0n) is 23.9. The second-order valence-electron chi connectivity index (χ2n) is 11.1. The van der Waals surface area contributed by atoms with E-state index in [1.54, 1.807) is 17.0 Å². The molecule has 220 valence electrons. The Labute approximate surface area is 247 Å². The first-order valence-corrected chi connectivity index (χ1v) is 16.0. The van der Waals surface area contributed by atoms with Crippen molar-refractivity contribution in [3.05, 3.63) is 101 Å². The monoisotopic (exact) mass is 587 g/mol. The minimum absolute atomic E-state index is 0.00554. The molecule has 8 nitrogen and oxygen atoms in total. The molecule has 2 aliphatic rings. The molecule has 3 amide bonds. The molecular formula is C33H37N3O5S. The number of aryl methyl sites for hydroxylation is 1. The first kappa shape index (κ1) is 29.5. The van der Waals surface area contributed by atoms with Crippen molar-refractivity contribution >= 4 is 27.7 Å². The molecule has 3 aromatic rings. The normalized spacial score (nSPS) is 16.7. The third kappa shape index (κ3) is 6.41. The molecule has 0 radical (unpaired) electrons. The average molecular weight is 588 g/mol. The molecule has 1 aliphatic heterocycles. The van der Waals surface area contributed by atoms with Crippen LogP contribution < -0.4 is 5.32 Å². The third-order valence-corrected chi connectivity index (χ3v) is 10.1. The second kappa shape index (κ2) is 12.9. The number of carbonyl (C=O) groups is 3. The van der Waals surface area contributed by atoms with Crippen LogP contribution in [-0.4, -0.2) is 54.0 Å². The summed E-state index contributed by atoms with van der Waals surface area (Å²) in [6, 6.07) is 22.9. The lowest BCUT2D eigenvalue weighted by Crippen LogP contribution is -2.52. The number of hydrogen-bond acceptors (Lipinski definition) is 5. The van der Waals surface area contributed by atoms with Crippen LogP contribution in [0.1, 0.15) is 65.6 Å². The van der Waals surface area contributed by atoms with E-state index in [0.717, 1.165) is 46.7 Å². The molecule has 1 atom stereocenters. The number of hydrogen-bond donors (Lipinski definition) is 1. The molecule has 42 heavy (non-hydrogen) atoms. The topological polar surface area (TPSA) is 104 Å². The Morgan fingerprint density at radius 1 is 0.952 bits per heavy atom. The molecule has 0 bridgehead atoms. The number of sulfonamides is 1. The Morgan fingerprint density at radius 2 is 1.62 bits per heavy atom. The molecule has 9 heteroatoms. The number of benzene rings is 3. The Morgan fingerprint density at radius 3 is 2.33 bits per heavy atom. The molecule has 0 unspecified atom stereocenters. The maximum atomic E-state index is 14.0. The number of fused-ring (bicyclic) bond motifs is 1. The SMILES string of the molecule is Cc1ccccc1CN(C(=O)CCCN1C(=O)c2ccccc2S1(=O)=O)[C@@H](Cc1ccccc1)C(=O)NC1CCCC1. The van der Waals surface area contributed by atoms with Crippen LogP contribution in [0, 0.1) is 6.92 Å². The smallest absolute Gasteiger partial charge is 0.269 e. The summed E-state index contributed by atoms with van der Waals surface area (Å²) in [6.45, 7) is 2.11. The van der Waals surface area contributed by atoms with Crippen LogP contribution in [-0.2, 0) is 32.6 Å². The summed E-state index contributed by atoms with van der Waals surface area (Å²) >= 11 is 0. The minimum Gasteiger partial charge on any atom is -0.352 e. The summed E-state index contributed by atoms with van der Waals surface area (Å²) in [5, 5.41) is 3.20. The molecule has 5 rings (SSSR count). The highest BCUT2D eigenvalue weighted by molar-refractivity contribution is 7.90. The number of nitrogens with zero attached hydrogens (tertiary/aromatic N) is 2. The van der Waals surface area contributed by atoms with Crippen molar-refractivity contribution in [1.29, 1.82) is 0 Å². The molecule has 1 N–H and O–H groups in total. The number of nitrogens with one attached hydrogen (secondary N) is 1. The average Bonchev–Trinajstić information content (AvgIpc) is 3.57. The van der Waals surface area contributed by atoms with Crippen LogP contribution in [0.3, 0.4) is 0 Å². The van der Waals surface area contributed by atoms with Gasteiger partial charge in [-0.2, -0.15) is 0 Å². The van der Waals surface area contributed by atoms with Gasteiger partial charge in [0, 0.05) is 32.0 Å². The van der Waals surface area contributed by atoms with E-state index < -0.39 is 22.0 Å². The summed E-state index contributed by atoms with van der Waals surface area (Å²) in [7, 11) is -3.96. The summed E-state index contributed by atoms with van der Waals surface area (Å²) < 4.78 is 26.9. The van der Waals surface area contributed by atoms with Crippen LogP contribution in [0.15, 0.2) is 83.8 Å². The Hall–Kier alpha value is -3.98. The van der Waals surface area contributed by atoms with Crippen LogP contribution in [0.2, 0.25) is 0 Å². The zero-order chi connectivity index (χ0) is 29.7. The van der Waals surface area contributed by atoms with E-state index in [2.05, 4.69) is 5.32 Å². The van der Waals surface area contributed by atoms with Gasteiger partial charge in [0.05, 0.1) is 5.56 Å². The van der Waals surface area contributed by atoms with Gasteiger partial charge >= 0.3 is 0 Å². The van der Waals surface area contributed by atoms with Crippen LogP contribution in [0.25, 0.3) is 0 Å². The largest absolute Gasteiger partial charge is 0.352 e. The molecule has 0 aromatic heterocycles. The van der Waals surface area contributed by atoms with E-state index in [-0.39, 0.29) is 54.2 Å². The molecule has 1 heterocycles. The van der Waals surface area contributed by atoms with E-state index in [4.69, 9.17) is 0 Å². The summed E-state index contributed by atoms with van der Waals surface area (Å²) in [5.41, 5.74) is 3.04. The predicted octanol–water partition coefficient (Wildman–Crippen LogP) is 4.62. The fourth-order valence-electron chi connectivity index (χ4n) is 5.86. The van der Waals surface area contributed by atoms with E-state index in [1.807, 2.05) is 61.5 Å². The van der Waals surface area contributed by atoms with Gasteiger partial charge in [-0.25, -0.2) is 12.7 Å². The molecule has 1 saturated carbocycles. The van der Waals surface area contributed by atoms with E-state index in [1.165, 1.54) is 12.1 Å². The van der Waals surface area contributed by atoms with Gasteiger partial charge in [-0.1, -0.05) is 79.6 Å². The highest BCUT2D eigenvalue weighted by Crippen LogP contribution is 2.30. The fourth-order valence-corrected chi connectivity index (χ4v) is 7.47. The van der Waals surface area contributed by atoms with Crippen molar-refractivity contribution in [2.75, 3.05) is 6.54 Å². The van der Waals surface area contributed by atoms with Crippen molar-refractivity contribution in [2.24, 2.45) is 0 Å². The lowest BCUT2D eigenvalue weighted by Gasteiger charge is -2.33. The fraction of sp³-hybridized carbons (Fsp3) is 0.364. The van der Waals surface area contributed by atoms with Gasteiger partial charge in [0.1, 0.15) is 10.9 Å². The maximum Gasteiger partial charge on any atom is 0.269 e. The third-order valence-electron chi connectivity index (χ3n) is 8.24. The standard InChI is InChI=1S/C33H37N3O5S/c1-24-12-5-6-15-26(24)23-35(29(22-25-13-3-2-4-14-25)32(38)34-27-16-7-8-17-27)31(37)20-11-21-36-33(39)28-18-9-10-19-30(28)42(36,40)41/h2-6,9-10,12-15,18-19,27,29H,7-8,11,16-17,20-23H2,1H3,(H,34,38)/t29-/m0/s1. The Kier molecular flexibility index (Phi) is 9.06. The zero-order valence-corrected chi connectivity index (χ0v) is 24.7. The molecule has 3 aromatic carbocycles. The van der Waals surface area contributed by atoms with Gasteiger partial charge < -0.3 is 10.2 Å². The number of carbonyl (C=O) groups excluding carboxylic acids is 3. The number of rotatable bonds is 11. The van der Waals surface area contributed by atoms with Crippen molar-refractivity contribution in [3.63, 3.8) is 0 Å². The second-order valence-corrected chi connectivity index (χ2v) is 13.0. The van der Waals surface area contributed by atoms with Crippen molar-refractivity contribution in [3.8, 4) is 0 Å². The van der Waals surface area contributed by atoms with Crippen molar-refractivity contribution < 1.29 is 22.8 Å². The van der Waals surface area contributed by atoms with Gasteiger partial charge in [-0.05, 0) is 55.0 Å². The van der Waals surface area contributed by atoms with E-state index >= 15 is 0 Å².